The van der Waals surface area contributed by atoms with Crippen LogP contribution in [0.5, 0.6) is 0 Å². The van der Waals surface area contributed by atoms with Crippen molar-refractivity contribution in [2.24, 2.45) is 5.92 Å². The first-order chi connectivity index (χ1) is 8.11. The summed E-state index contributed by atoms with van der Waals surface area (Å²) < 4.78 is 5.74. The van der Waals surface area contributed by atoms with Gasteiger partial charge >= 0.3 is 0 Å². The standard InChI is InChI=1S/C16H24O/c1-11(2)14-7-5-6-13-10-17-9-8-15(12(3)4)16(13)14/h5-7,11-12,15H,8-10H2,1-4H3. The predicted octanol–water partition coefficient (Wildman–Crippen LogP) is 4.47. The lowest BCUT2D eigenvalue weighted by atomic mass is 9.79. The van der Waals surface area contributed by atoms with Gasteiger partial charge in [0, 0.05) is 6.61 Å². The molecule has 1 atom stereocenters. The van der Waals surface area contributed by atoms with Gasteiger partial charge in [-0.15, -0.1) is 0 Å². The van der Waals surface area contributed by atoms with Crippen molar-refractivity contribution in [2.75, 3.05) is 6.61 Å². The van der Waals surface area contributed by atoms with Gasteiger partial charge in [-0.3, -0.25) is 0 Å². The monoisotopic (exact) mass is 232 g/mol. The largest absolute Gasteiger partial charge is 0.377 e. The van der Waals surface area contributed by atoms with Gasteiger partial charge in [0.15, 0.2) is 0 Å². The summed E-state index contributed by atoms with van der Waals surface area (Å²) in [6.45, 7) is 10.9. The molecular weight excluding hydrogens is 208 g/mol. The first-order valence-corrected chi connectivity index (χ1v) is 6.80. The molecule has 1 nitrogen and oxygen atoms in total. The van der Waals surface area contributed by atoms with Crippen molar-refractivity contribution in [1.82, 2.24) is 0 Å². The van der Waals surface area contributed by atoms with Crippen LogP contribution in [0, 0.1) is 5.92 Å². The lowest BCUT2D eigenvalue weighted by molar-refractivity contribution is 0.119. The number of hydrogen-bond acceptors (Lipinski definition) is 1. The predicted molar refractivity (Wildman–Crippen MR) is 72.4 cm³/mol. The molecule has 1 aromatic rings. The maximum atomic E-state index is 5.74. The molecule has 0 spiro atoms. The molecule has 0 radical (unpaired) electrons. The van der Waals surface area contributed by atoms with E-state index >= 15 is 0 Å². The molecule has 1 aromatic carbocycles. The van der Waals surface area contributed by atoms with E-state index in [0.717, 1.165) is 19.6 Å². The first kappa shape index (κ1) is 12.6. The first-order valence-electron chi connectivity index (χ1n) is 6.80. The quantitative estimate of drug-likeness (QED) is 0.731. The molecule has 1 heteroatoms. The van der Waals surface area contributed by atoms with E-state index in [0.29, 0.717) is 17.8 Å². The molecule has 0 amide bonds. The Kier molecular flexibility index (Phi) is 3.88. The maximum Gasteiger partial charge on any atom is 0.0719 e. The fourth-order valence-electron chi connectivity index (χ4n) is 2.92. The van der Waals surface area contributed by atoms with Crippen LogP contribution in [0.2, 0.25) is 0 Å². The summed E-state index contributed by atoms with van der Waals surface area (Å²) >= 11 is 0. The van der Waals surface area contributed by atoms with Crippen molar-refractivity contribution in [1.29, 1.82) is 0 Å². The number of fused-ring (bicyclic) bond motifs is 1. The second kappa shape index (κ2) is 5.22. The van der Waals surface area contributed by atoms with Gasteiger partial charge in [-0.05, 0) is 40.9 Å². The van der Waals surface area contributed by atoms with E-state index in [1.54, 1.807) is 5.56 Å². The Morgan fingerprint density at radius 2 is 1.94 bits per heavy atom. The third kappa shape index (κ3) is 2.55. The number of rotatable bonds is 2. The third-order valence-corrected chi connectivity index (χ3v) is 3.86. The van der Waals surface area contributed by atoms with E-state index in [2.05, 4.69) is 45.9 Å². The van der Waals surface area contributed by atoms with Crippen molar-refractivity contribution >= 4 is 0 Å². The molecule has 0 bridgehead atoms. The second-order valence-corrected chi connectivity index (χ2v) is 5.77. The minimum Gasteiger partial charge on any atom is -0.377 e. The summed E-state index contributed by atoms with van der Waals surface area (Å²) in [5, 5.41) is 0. The zero-order valence-corrected chi connectivity index (χ0v) is 11.5. The molecule has 0 aromatic heterocycles. The summed E-state index contributed by atoms with van der Waals surface area (Å²) in [4.78, 5) is 0. The van der Waals surface area contributed by atoms with E-state index in [1.165, 1.54) is 11.1 Å². The average molecular weight is 232 g/mol. The van der Waals surface area contributed by atoms with Crippen LogP contribution in [0.4, 0.5) is 0 Å². The van der Waals surface area contributed by atoms with Crippen LogP contribution in [-0.2, 0) is 11.3 Å². The van der Waals surface area contributed by atoms with Crippen LogP contribution in [0.3, 0.4) is 0 Å². The highest BCUT2D eigenvalue weighted by atomic mass is 16.5. The molecule has 17 heavy (non-hydrogen) atoms. The van der Waals surface area contributed by atoms with Gasteiger partial charge in [-0.1, -0.05) is 45.9 Å². The Bertz CT molecular complexity index is 379. The lowest BCUT2D eigenvalue weighted by Crippen LogP contribution is -2.12. The van der Waals surface area contributed by atoms with Crippen LogP contribution in [-0.4, -0.2) is 6.61 Å². The number of ether oxygens (including phenoxy) is 1. The SMILES string of the molecule is CC(C)c1cccc2c1C(C(C)C)CCOC2. The molecule has 0 saturated carbocycles. The smallest absolute Gasteiger partial charge is 0.0719 e. The molecule has 0 saturated heterocycles. The van der Waals surface area contributed by atoms with Crippen molar-refractivity contribution in [3.8, 4) is 0 Å². The minimum atomic E-state index is 0.601. The van der Waals surface area contributed by atoms with Crippen molar-refractivity contribution < 1.29 is 4.74 Å². The molecule has 0 fully saturated rings. The summed E-state index contributed by atoms with van der Waals surface area (Å²) in [6, 6.07) is 6.71. The van der Waals surface area contributed by atoms with Gasteiger partial charge < -0.3 is 4.74 Å². The molecule has 1 heterocycles. The van der Waals surface area contributed by atoms with Crippen molar-refractivity contribution in [3.05, 3.63) is 34.9 Å². The highest BCUT2D eigenvalue weighted by molar-refractivity contribution is 5.40. The van der Waals surface area contributed by atoms with Gasteiger partial charge in [-0.2, -0.15) is 0 Å². The van der Waals surface area contributed by atoms with E-state index < -0.39 is 0 Å². The normalized spacial score (nSPS) is 20.5. The topological polar surface area (TPSA) is 9.23 Å². The van der Waals surface area contributed by atoms with E-state index in [1.807, 2.05) is 0 Å². The summed E-state index contributed by atoms with van der Waals surface area (Å²) in [5.41, 5.74) is 4.51. The van der Waals surface area contributed by atoms with E-state index in [-0.39, 0.29) is 0 Å². The zero-order chi connectivity index (χ0) is 12.4. The fraction of sp³-hybridized carbons (Fsp3) is 0.625. The summed E-state index contributed by atoms with van der Waals surface area (Å²) in [7, 11) is 0. The Balaban J connectivity index is 2.52. The fourth-order valence-corrected chi connectivity index (χ4v) is 2.92. The van der Waals surface area contributed by atoms with Crippen LogP contribution in [0.15, 0.2) is 18.2 Å². The molecule has 0 aliphatic carbocycles. The molecule has 1 aliphatic rings. The van der Waals surface area contributed by atoms with E-state index in [9.17, 15) is 0 Å². The maximum absolute atomic E-state index is 5.74. The molecular formula is C16H24O. The lowest BCUT2D eigenvalue weighted by Gasteiger charge is -2.25. The molecule has 0 N–H and O–H groups in total. The second-order valence-electron chi connectivity index (χ2n) is 5.77. The van der Waals surface area contributed by atoms with Crippen molar-refractivity contribution in [2.45, 2.75) is 52.6 Å². The van der Waals surface area contributed by atoms with Gasteiger partial charge in [0.05, 0.1) is 6.61 Å². The van der Waals surface area contributed by atoms with Crippen molar-refractivity contribution in [3.63, 3.8) is 0 Å². The Morgan fingerprint density at radius 1 is 1.18 bits per heavy atom. The molecule has 94 valence electrons. The molecule has 2 rings (SSSR count). The van der Waals surface area contributed by atoms with E-state index in [4.69, 9.17) is 4.74 Å². The minimum absolute atomic E-state index is 0.601. The Labute approximate surface area is 105 Å². The van der Waals surface area contributed by atoms with Gasteiger partial charge in [-0.25, -0.2) is 0 Å². The highest BCUT2D eigenvalue weighted by Crippen LogP contribution is 2.38. The van der Waals surface area contributed by atoms with Gasteiger partial charge in [0.1, 0.15) is 0 Å². The van der Waals surface area contributed by atoms with Gasteiger partial charge in [0.2, 0.25) is 0 Å². The van der Waals surface area contributed by atoms with Crippen LogP contribution >= 0.6 is 0 Å². The molecule has 1 aliphatic heterocycles. The van der Waals surface area contributed by atoms with Crippen LogP contribution in [0.25, 0.3) is 0 Å². The summed E-state index contributed by atoms with van der Waals surface area (Å²) in [6.07, 6.45) is 1.16. The van der Waals surface area contributed by atoms with Crippen LogP contribution in [0.1, 0.15) is 62.6 Å². The molecule has 1 unspecified atom stereocenters. The Morgan fingerprint density at radius 3 is 2.59 bits per heavy atom. The number of hydrogen-bond donors (Lipinski definition) is 0. The third-order valence-electron chi connectivity index (χ3n) is 3.86. The average Bonchev–Trinajstić information content (AvgIpc) is 2.50. The number of benzene rings is 1. The summed E-state index contributed by atoms with van der Waals surface area (Å²) in [5.74, 6) is 1.95. The Hall–Kier alpha value is -0.820. The van der Waals surface area contributed by atoms with Gasteiger partial charge in [0.25, 0.3) is 0 Å². The van der Waals surface area contributed by atoms with Crippen LogP contribution < -0.4 is 0 Å². The highest BCUT2D eigenvalue weighted by Gasteiger charge is 2.25. The zero-order valence-electron chi connectivity index (χ0n) is 11.5.